The predicted octanol–water partition coefficient (Wildman–Crippen LogP) is 4.12. The summed E-state index contributed by atoms with van der Waals surface area (Å²) in [6.45, 7) is 10.4. The molecule has 0 aliphatic heterocycles. The second kappa shape index (κ2) is 7.97. The Morgan fingerprint density at radius 2 is 1.73 bits per heavy atom. The van der Waals surface area contributed by atoms with Gasteiger partial charge in [0.1, 0.15) is 0 Å². The third-order valence-corrected chi connectivity index (χ3v) is 3.30. The summed E-state index contributed by atoms with van der Waals surface area (Å²) in [6.07, 6.45) is 1.75. The number of rotatable bonds is 6. The Bertz CT molecular complexity index is 526. The molecule has 1 rings (SSSR count). The Labute approximate surface area is 132 Å². The summed E-state index contributed by atoms with van der Waals surface area (Å²) in [5.74, 6) is -0.946. The quantitative estimate of drug-likeness (QED) is 0.586. The number of ether oxygens (including phenoxy) is 2. The Balaban J connectivity index is 3.28. The number of carbonyl (C=O) groups is 2. The summed E-state index contributed by atoms with van der Waals surface area (Å²) < 4.78 is 10.4. The molecule has 4 nitrogen and oxygen atoms in total. The lowest BCUT2D eigenvalue weighted by Gasteiger charge is -2.23. The van der Waals surface area contributed by atoms with Crippen molar-refractivity contribution in [1.29, 1.82) is 0 Å². The van der Waals surface area contributed by atoms with E-state index in [4.69, 9.17) is 9.47 Å². The molecule has 0 spiro atoms. The van der Waals surface area contributed by atoms with Gasteiger partial charge in [0.15, 0.2) is 0 Å². The monoisotopic (exact) mass is 306 g/mol. The zero-order chi connectivity index (χ0) is 16.8. The molecule has 0 saturated heterocycles. The molecule has 0 N–H and O–H groups in total. The van der Waals surface area contributed by atoms with Crippen molar-refractivity contribution in [2.45, 2.75) is 52.9 Å². The molecule has 0 amide bonds. The van der Waals surface area contributed by atoms with Gasteiger partial charge in [0.25, 0.3) is 0 Å². The molecule has 0 heterocycles. The van der Waals surface area contributed by atoms with Gasteiger partial charge in [0.2, 0.25) is 0 Å². The van der Waals surface area contributed by atoms with E-state index in [0.29, 0.717) is 12.2 Å². The average molecular weight is 306 g/mol. The minimum atomic E-state index is -0.490. The maximum atomic E-state index is 12.5. The molecule has 0 fully saturated rings. The highest BCUT2D eigenvalue weighted by Crippen LogP contribution is 2.29. The summed E-state index contributed by atoms with van der Waals surface area (Å²) in [4.78, 5) is 24.6. The van der Waals surface area contributed by atoms with Gasteiger partial charge < -0.3 is 9.47 Å². The fourth-order valence-electron chi connectivity index (χ4n) is 2.16. The largest absolute Gasteiger partial charge is 0.462 e. The topological polar surface area (TPSA) is 52.6 Å². The van der Waals surface area contributed by atoms with Gasteiger partial charge in [-0.1, -0.05) is 46.2 Å². The SMILES string of the molecule is CCCCOC(=O)c1c(C(=O)OCC)cccc1C(C)(C)C. The lowest BCUT2D eigenvalue weighted by Crippen LogP contribution is -2.22. The van der Waals surface area contributed by atoms with Crippen LogP contribution in [0.25, 0.3) is 0 Å². The molecule has 0 aliphatic carbocycles. The molecule has 0 aromatic heterocycles. The van der Waals surface area contributed by atoms with Crippen LogP contribution in [0.2, 0.25) is 0 Å². The van der Waals surface area contributed by atoms with Gasteiger partial charge in [-0.3, -0.25) is 0 Å². The van der Waals surface area contributed by atoms with Gasteiger partial charge >= 0.3 is 11.9 Å². The van der Waals surface area contributed by atoms with E-state index in [1.54, 1.807) is 19.1 Å². The van der Waals surface area contributed by atoms with E-state index >= 15 is 0 Å². The maximum absolute atomic E-state index is 12.5. The van der Waals surface area contributed by atoms with E-state index in [1.807, 2.05) is 33.8 Å². The van der Waals surface area contributed by atoms with Gasteiger partial charge in [0.05, 0.1) is 24.3 Å². The van der Waals surface area contributed by atoms with Crippen LogP contribution >= 0.6 is 0 Å². The van der Waals surface area contributed by atoms with Crippen LogP contribution < -0.4 is 0 Å². The molecule has 1 aromatic rings. The van der Waals surface area contributed by atoms with Gasteiger partial charge in [0, 0.05) is 0 Å². The van der Waals surface area contributed by atoms with Crippen molar-refractivity contribution in [3.8, 4) is 0 Å². The van der Waals surface area contributed by atoms with Crippen molar-refractivity contribution in [2.24, 2.45) is 0 Å². The van der Waals surface area contributed by atoms with Crippen molar-refractivity contribution in [3.63, 3.8) is 0 Å². The van der Waals surface area contributed by atoms with Crippen LogP contribution in [-0.2, 0) is 14.9 Å². The Morgan fingerprint density at radius 3 is 2.27 bits per heavy atom. The van der Waals surface area contributed by atoms with Crippen LogP contribution in [0.15, 0.2) is 18.2 Å². The second-order valence-electron chi connectivity index (χ2n) is 6.19. The lowest BCUT2D eigenvalue weighted by atomic mass is 9.82. The van der Waals surface area contributed by atoms with Crippen LogP contribution in [0.1, 0.15) is 73.7 Å². The number of esters is 2. The molecule has 1 aromatic carbocycles. The molecule has 0 radical (unpaired) electrons. The molecule has 122 valence electrons. The van der Waals surface area contributed by atoms with E-state index in [-0.39, 0.29) is 17.6 Å². The van der Waals surface area contributed by atoms with E-state index in [9.17, 15) is 9.59 Å². The van der Waals surface area contributed by atoms with Crippen LogP contribution in [-0.4, -0.2) is 25.2 Å². The average Bonchev–Trinajstić information content (AvgIpc) is 2.46. The van der Waals surface area contributed by atoms with E-state index in [0.717, 1.165) is 18.4 Å². The minimum absolute atomic E-state index is 0.267. The Kier molecular flexibility index (Phi) is 6.60. The molecule has 0 aliphatic rings. The maximum Gasteiger partial charge on any atom is 0.339 e. The van der Waals surface area contributed by atoms with Crippen molar-refractivity contribution in [3.05, 3.63) is 34.9 Å². The summed E-state index contributed by atoms with van der Waals surface area (Å²) in [5, 5.41) is 0. The van der Waals surface area contributed by atoms with Crippen LogP contribution in [0.4, 0.5) is 0 Å². The lowest BCUT2D eigenvalue weighted by molar-refractivity contribution is 0.0461. The normalized spacial score (nSPS) is 11.1. The summed E-state index contributed by atoms with van der Waals surface area (Å²) >= 11 is 0. The smallest absolute Gasteiger partial charge is 0.339 e. The molecule has 0 unspecified atom stereocenters. The molecule has 0 saturated carbocycles. The Hall–Kier alpha value is -1.84. The van der Waals surface area contributed by atoms with Crippen molar-refractivity contribution in [1.82, 2.24) is 0 Å². The first kappa shape index (κ1) is 18.2. The number of carbonyl (C=O) groups excluding carboxylic acids is 2. The minimum Gasteiger partial charge on any atom is -0.462 e. The molecule has 4 heteroatoms. The number of benzene rings is 1. The van der Waals surface area contributed by atoms with Gasteiger partial charge in [-0.15, -0.1) is 0 Å². The first-order valence-electron chi connectivity index (χ1n) is 7.80. The zero-order valence-corrected chi connectivity index (χ0v) is 14.2. The van der Waals surface area contributed by atoms with Gasteiger partial charge in [-0.05, 0) is 30.4 Å². The summed E-state index contributed by atoms with van der Waals surface area (Å²) in [5.41, 5.74) is 1.11. The number of hydrogen-bond acceptors (Lipinski definition) is 4. The summed E-state index contributed by atoms with van der Waals surface area (Å²) in [6, 6.07) is 5.25. The zero-order valence-electron chi connectivity index (χ0n) is 14.2. The highest BCUT2D eigenvalue weighted by atomic mass is 16.5. The van der Waals surface area contributed by atoms with Crippen LogP contribution in [0.3, 0.4) is 0 Å². The third kappa shape index (κ3) is 4.58. The molecular formula is C18H26O4. The van der Waals surface area contributed by atoms with Crippen molar-refractivity contribution in [2.75, 3.05) is 13.2 Å². The standard InChI is InChI=1S/C18H26O4/c1-6-8-12-22-17(20)15-13(16(19)21-7-2)10-9-11-14(15)18(3,4)5/h9-11H,6-8,12H2,1-5H3. The Morgan fingerprint density at radius 1 is 1.05 bits per heavy atom. The molecule has 0 bridgehead atoms. The van der Waals surface area contributed by atoms with Gasteiger partial charge in [-0.2, -0.15) is 0 Å². The first-order valence-corrected chi connectivity index (χ1v) is 7.80. The van der Waals surface area contributed by atoms with E-state index < -0.39 is 11.9 Å². The predicted molar refractivity (Wildman–Crippen MR) is 86.3 cm³/mol. The fraction of sp³-hybridized carbons (Fsp3) is 0.556. The van der Waals surface area contributed by atoms with Crippen molar-refractivity contribution < 1.29 is 19.1 Å². The molecule has 0 atom stereocenters. The van der Waals surface area contributed by atoms with E-state index in [2.05, 4.69) is 0 Å². The number of hydrogen-bond donors (Lipinski definition) is 0. The van der Waals surface area contributed by atoms with Gasteiger partial charge in [-0.25, -0.2) is 9.59 Å². The van der Waals surface area contributed by atoms with Crippen LogP contribution in [0.5, 0.6) is 0 Å². The van der Waals surface area contributed by atoms with Crippen molar-refractivity contribution >= 4 is 11.9 Å². The first-order chi connectivity index (χ1) is 10.3. The number of unbranched alkanes of at least 4 members (excludes halogenated alkanes) is 1. The molecular weight excluding hydrogens is 280 g/mol. The summed E-state index contributed by atoms with van der Waals surface area (Å²) in [7, 11) is 0. The van der Waals surface area contributed by atoms with E-state index in [1.165, 1.54) is 0 Å². The highest BCUT2D eigenvalue weighted by molar-refractivity contribution is 6.04. The second-order valence-corrected chi connectivity index (χ2v) is 6.19. The fourth-order valence-corrected chi connectivity index (χ4v) is 2.16. The molecule has 22 heavy (non-hydrogen) atoms. The third-order valence-electron chi connectivity index (χ3n) is 3.30. The van der Waals surface area contributed by atoms with Crippen LogP contribution in [0, 0.1) is 0 Å². The highest BCUT2D eigenvalue weighted by Gasteiger charge is 2.28.